The molecule has 3 rings (SSSR count). The quantitative estimate of drug-likeness (QED) is 0.650. The second kappa shape index (κ2) is 7.05. The van der Waals surface area contributed by atoms with E-state index in [1.165, 1.54) is 17.8 Å². The highest BCUT2D eigenvalue weighted by Gasteiger charge is 2.21. The van der Waals surface area contributed by atoms with Crippen LogP contribution in [0.15, 0.2) is 30.5 Å². The number of nitrogen functional groups attached to an aromatic ring is 1. The standard InChI is InChI=1S/C16H16N6O4/c1-3-26-16(24)11-8-18-22-13(17)12(20-21-14(11)22)15(23)19-9-5-4-6-10(7-9)25-2/h4-8H,3,17H2,1-2H3,(H,19,23). The number of amides is 1. The summed E-state index contributed by atoms with van der Waals surface area (Å²) in [7, 11) is 1.52. The first-order valence-corrected chi connectivity index (χ1v) is 7.67. The van der Waals surface area contributed by atoms with Crippen LogP contribution in [0.2, 0.25) is 0 Å². The molecule has 0 spiro atoms. The van der Waals surface area contributed by atoms with E-state index in [1.54, 1.807) is 31.2 Å². The molecule has 1 amide bonds. The van der Waals surface area contributed by atoms with Gasteiger partial charge >= 0.3 is 5.97 Å². The Morgan fingerprint density at radius 1 is 1.31 bits per heavy atom. The molecule has 0 radical (unpaired) electrons. The van der Waals surface area contributed by atoms with Gasteiger partial charge in [-0.25, -0.2) is 4.79 Å². The summed E-state index contributed by atoms with van der Waals surface area (Å²) < 4.78 is 11.2. The van der Waals surface area contributed by atoms with Crippen LogP contribution in [0.5, 0.6) is 5.75 Å². The third-order valence-electron chi connectivity index (χ3n) is 3.50. The van der Waals surface area contributed by atoms with Crippen molar-refractivity contribution in [2.24, 2.45) is 0 Å². The topological polar surface area (TPSA) is 134 Å². The van der Waals surface area contributed by atoms with Crippen LogP contribution in [0.1, 0.15) is 27.8 Å². The maximum atomic E-state index is 12.5. The molecule has 0 unspecified atom stereocenters. The Hall–Kier alpha value is -3.69. The summed E-state index contributed by atoms with van der Waals surface area (Å²) in [6.07, 6.45) is 1.27. The normalized spacial score (nSPS) is 10.5. The number of hydrogen-bond acceptors (Lipinski definition) is 8. The van der Waals surface area contributed by atoms with E-state index in [4.69, 9.17) is 15.2 Å². The van der Waals surface area contributed by atoms with Crippen LogP contribution in [0.3, 0.4) is 0 Å². The zero-order chi connectivity index (χ0) is 18.7. The molecule has 10 nitrogen and oxygen atoms in total. The number of methoxy groups -OCH3 is 1. The van der Waals surface area contributed by atoms with Gasteiger partial charge in [-0.15, -0.1) is 10.2 Å². The molecule has 0 fully saturated rings. The van der Waals surface area contributed by atoms with Crippen molar-refractivity contribution in [3.63, 3.8) is 0 Å². The lowest BCUT2D eigenvalue weighted by Gasteiger charge is -2.08. The first-order valence-electron chi connectivity index (χ1n) is 7.67. The molecule has 0 aliphatic heterocycles. The Morgan fingerprint density at radius 2 is 2.12 bits per heavy atom. The number of nitrogens with one attached hydrogen (secondary N) is 1. The fourth-order valence-corrected chi connectivity index (χ4v) is 2.27. The summed E-state index contributed by atoms with van der Waals surface area (Å²) in [5, 5.41) is 14.4. The highest BCUT2D eigenvalue weighted by atomic mass is 16.5. The van der Waals surface area contributed by atoms with Gasteiger partial charge in [0.15, 0.2) is 17.2 Å². The van der Waals surface area contributed by atoms with Crippen LogP contribution >= 0.6 is 0 Å². The minimum Gasteiger partial charge on any atom is -0.497 e. The van der Waals surface area contributed by atoms with E-state index in [0.717, 1.165) is 0 Å². The SMILES string of the molecule is CCOC(=O)c1cnn2c(N)c(C(=O)Nc3cccc(OC)c3)nnc12. The highest BCUT2D eigenvalue weighted by Crippen LogP contribution is 2.19. The summed E-state index contributed by atoms with van der Waals surface area (Å²) in [5.41, 5.74) is 6.58. The van der Waals surface area contributed by atoms with Gasteiger partial charge in [0.2, 0.25) is 0 Å². The first kappa shape index (κ1) is 17.1. The third kappa shape index (κ3) is 3.11. The van der Waals surface area contributed by atoms with Crippen LogP contribution < -0.4 is 15.8 Å². The number of carbonyl (C=O) groups excluding carboxylic acids is 2. The van der Waals surface area contributed by atoms with Crippen LogP contribution in [-0.4, -0.2) is 45.4 Å². The van der Waals surface area contributed by atoms with Crippen LogP contribution in [0.25, 0.3) is 5.65 Å². The molecule has 0 atom stereocenters. The molecule has 0 aliphatic rings. The van der Waals surface area contributed by atoms with E-state index in [0.29, 0.717) is 11.4 Å². The predicted octanol–water partition coefficient (Wildman–Crippen LogP) is 1.14. The number of rotatable bonds is 5. The van der Waals surface area contributed by atoms with Crippen molar-refractivity contribution in [3.8, 4) is 5.75 Å². The number of hydrogen-bond donors (Lipinski definition) is 2. The smallest absolute Gasteiger partial charge is 0.343 e. The summed E-state index contributed by atoms with van der Waals surface area (Å²) in [4.78, 5) is 24.3. The number of nitrogens with two attached hydrogens (primary N) is 1. The van der Waals surface area contributed by atoms with Gasteiger partial charge < -0.3 is 20.5 Å². The van der Waals surface area contributed by atoms with Crippen molar-refractivity contribution in [2.45, 2.75) is 6.92 Å². The molecule has 0 aliphatic carbocycles. The average molecular weight is 356 g/mol. The molecule has 0 saturated heterocycles. The second-order valence-corrected chi connectivity index (χ2v) is 5.13. The van der Waals surface area contributed by atoms with Gasteiger partial charge in [0.1, 0.15) is 11.3 Å². The Bertz CT molecular complexity index is 984. The van der Waals surface area contributed by atoms with Gasteiger partial charge in [-0.05, 0) is 19.1 Å². The number of fused-ring (bicyclic) bond motifs is 1. The number of nitrogens with zero attached hydrogens (tertiary/aromatic N) is 4. The zero-order valence-electron chi connectivity index (χ0n) is 14.1. The molecule has 3 N–H and O–H groups in total. The maximum Gasteiger partial charge on any atom is 0.343 e. The highest BCUT2D eigenvalue weighted by molar-refractivity contribution is 6.06. The van der Waals surface area contributed by atoms with Crippen molar-refractivity contribution in [1.29, 1.82) is 0 Å². The van der Waals surface area contributed by atoms with E-state index in [1.807, 2.05) is 0 Å². The minimum absolute atomic E-state index is 0.0501. The zero-order valence-corrected chi connectivity index (χ0v) is 14.1. The van der Waals surface area contributed by atoms with Gasteiger partial charge in [-0.3, -0.25) is 4.79 Å². The Labute approximate surface area is 147 Å². The lowest BCUT2D eigenvalue weighted by molar-refractivity contribution is 0.0528. The van der Waals surface area contributed by atoms with Crippen molar-refractivity contribution >= 4 is 29.0 Å². The van der Waals surface area contributed by atoms with E-state index < -0.39 is 11.9 Å². The molecule has 3 aromatic rings. The van der Waals surface area contributed by atoms with E-state index in [9.17, 15) is 9.59 Å². The van der Waals surface area contributed by atoms with Gasteiger partial charge in [0.25, 0.3) is 5.91 Å². The van der Waals surface area contributed by atoms with Crippen molar-refractivity contribution in [3.05, 3.63) is 41.7 Å². The molecular weight excluding hydrogens is 340 g/mol. The number of carbonyl (C=O) groups is 2. The van der Waals surface area contributed by atoms with Gasteiger partial charge in [-0.2, -0.15) is 9.61 Å². The lowest BCUT2D eigenvalue weighted by Crippen LogP contribution is -2.19. The van der Waals surface area contributed by atoms with E-state index in [2.05, 4.69) is 20.6 Å². The van der Waals surface area contributed by atoms with Gasteiger partial charge in [0, 0.05) is 11.8 Å². The van der Waals surface area contributed by atoms with E-state index >= 15 is 0 Å². The third-order valence-corrected chi connectivity index (χ3v) is 3.50. The number of anilines is 2. The molecule has 134 valence electrons. The molecule has 0 saturated carbocycles. The summed E-state index contributed by atoms with van der Waals surface area (Å²) in [5.74, 6) is -0.627. The molecule has 2 aromatic heterocycles. The van der Waals surface area contributed by atoms with Gasteiger partial charge in [-0.1, -0.05) is 6.07 Å². The number of ether oxygens (including phenoxy) is 2. The number of benzene rings is 1. The number of esters is 1. The van der Waals surface area contributed by atoms with E-state index in [-0.39, 0.29) is 29.3 Å². The minimum atomic E-state index is -0.593. The predicted molar refractivity (Wildman–Crippen MR) is 92.1 cm³/mol. The molecule has 10 heteroatoms. The van der Waals surface area contributed by atoms with Crippen LogP contribution in [0, 0.1) is 0 Å². The summed E-state index contributed by atoms with van der Waals surface area (Å²) in [6.45, 7) is 1.89. The Kier molecular flexibility index (Phi) is 4.65. The maximum absolute atomic E-state index is 12.5. The molecular formula is C16H16N6O4. The number of aromatic nitrogens is 4. The van der Waals surface area contributed by atoms with Crippen molar-refractivity contribution in [2.75, 3.05) is 24.8 Å². The summed E-state index contributed by atoms with van der Waals surface area (Å²) >= 11 is 0. The first-order chi connectivity index (χ1) is 12.5. The second-order valence-electron chi connectivity index (χ2n) is 5.13. The van der Waals surface area contributed by atoms with Gasteiger partial charge in [0.05, 0.1) is 19.9 Å². The monoisotopic (exact) mass is 356 g/mol. The van der Waals surface area contributed by atoms with Crippen molar-refractivity contribution in [1.82, 2.24) is 19.8 Å². The molecule has 0 bridgehead atoms. The molecule has 26 heavy (non-hydrogen) atoms. The lowest BCUT2D eigenvalue weighted by atomic mass is 10.3. The fraction of sp³-hybridized carbons (Fsp3) is 0.188. The summed E-state index contributed by atoms with van der Waals surface area (Å²) in [6, 6.07) is 6.81. The van der Waals surface area contributed by atoms with Crippen LogP contribution in [0.4, 0.5) is 11.5 Å². The Morgan fingerprint density at radius 3 is 2.85 bits per heavy atom. The fourth-order valence-electron chi connectivity index (χ4n) is 2.27. The van der Waals surface area contributed by atoms with Crippen molar-refractivity contribution < 1.29 is 19.1 Å². The largest absolute Gasteiger partial charge is 0.497 e. The molecule has 2 heterocycles. The Balaban J connectivity index is 1.91. The van der Waals surface area contributed by atoms with Crippen LogP contribution in [-0.2, 0) is 4.74 Å². The molecule has 1 aromatic carbocycles. The average Bonchev–Trinajstić information content (AvgIpc) is 3.07.